The average Bonchev–Trinajstić information content (AvgIpc) is 2.69. The first-order valence-corrected chi connectivity index (χ1v) is 11.4. The molecule has 3 unspecified atom stereocenters. The largest absolute Gasteiger partial charge is 0.465 e. The van der Waals surface area contributed by atoms with Gasteiger partial charge in [-0.3, -0.25) is 14.4 Å². The molecule has 0 amide bonds. The van der Waals surface area contributed by atoms with Crippen LogP contribution in [0.25, 0.3) is 0 Å². The molecule has 1 aliphatic heterocycles. The van der Waals surface area contributed by atoms with E-state index in [0.717, 1.165) is 32.1 Å². The number of alkyl halides is 1. The second-order valence-corrected chi connectivity index (χ2v) is 11.0. The van der Waals surface area contributed by atoms with Crippen molar-refractivity contribution in [1.29, 1.82) is 0 Å². The van der Waals surface area contributed by atoms with Gasteiger partial charge < -0.3 is 9.47 Å². The van der Waals surface area contributed by atoms with Crippen molar-refractivity contribution < 1.29 is 23.9 Å². The third kappa shape index (κ3) is 2.26. The van der Waals surface area contributed by atoms with E-state index >= 15 is 0 Å². The molecule has 4 bridgehead atoms. The second-order valence-electron chi connectivity index (χ2n) is 10.4. The normalized spacial score (nSPS) is 49.0. The fourth-order valence-corrected chi connectivity index (χ4v) is 7.93. The quantitative estimate of drug-likeness (QED) is 0.386. The molecule has 6 heteroatoms. The van der Waals surface area contributed by atoms with Gasteiger partial charge in [0.25, 0.3) is 0 Å². The smallest absolute Gasteiger partial charge is 0.324 e. The summed E-state index contributed by atoms with van der Waals surface area (Å²) >= 11 is 6.02. The molecule has 5 aliphatic carbocycles. The topological polar surface area (TPSA) is 69.7 Å². The molecule has 5 saturated carbocycles. The molecule has 1 heterocycles. The molecule has 0 N–H and O–H groups in total. The summed E-state index contributed by atoms with van der Waals surface area (Å²) in [6.07, 6.45) is 4.97. The third-order valence-corrected chi connectivity index (χ3v) is 9.38. The van der Waals surface area contributed by atoms with E-state index < -0.39 is 28.3 Å². The number of rotatable bonds is 2. The monoisotopic (exact) mass is 420 g/mol. The van der Waals surface area contributed by atoms with Crippen molar-refractivity contribution in [3.63, 3.8) is 0 Å². The van der Waals surface area contributed by atoms with Crippen LogP contribution in [0.5, 0.6) is 0 Å². The molecule has 0 aromatic heterocycles. The van der Waals surface area contributed by atoms with Crippen LogP contribution in [0.15, 0.2) is 12.2 Å². The van der Waals surface area contributed by atoms with Crippen LogP contribution < -0.4 is 0 Å². The van der Waals surface area contributed by atoms with Crippen molar-refractivity contribution in [2.24, 2.45) is 34.0 Å². The van der Waals surface area contributed by atoms with Crippen LogP contribution in [0.2, 0.25) is 0 Å². The summed E-state index contributed by atoms with van der Waals surface area (Å²) in [6, 6.07) is 0. The number of carbonyl (C=O) groups is 3. The number of allylic oxidation sites excluding steroid dienone is 1. The van der Waals surface area contributed by atoms with E-state index in [4.69, 9.17) is 21.1 Å². The van der Waals surface area contributed by atoms with Crippen molar-refractivity contribution in [3.05, 3.63) is 12.2 Å². The molecular weight excluding hydrogens is 392 g/mol. The van der Waals surface area contributed by atoms with Gasteiger partial charge >= 0.3 is 11.9 Å². The number of hydrogen-bond acceptors (Lipinski definition) is 5. The maximum absolute atomic E-state index is 13.6. The van der Waals surface area contributed by atoms with E-state index in [1.165, 1.54) is 0 Å². The van der Waals surface area contributed by atoms with E-state index in [1.54, 1.807) is 6.92 Å². The number of esters is 2. The lowest BCUT2D eigenvalue weighted by molar-refractivity contribution is -0.257. The first-order valence-electron chi connectivity index (χ1n) is 10.9. The number of ketones is 1. The second kappa shape index (κ2) is 6.09. The minimum atomic E-state index is -0.863. The molecule has 1 spiro atoms. The standard InChI is InChI=1S/C23H29ClO5/c1-12-14-5-8-23(18(12)25)16(9-14)22-7-4-6-21(3,11-28-20(22)27)15(22)10-17(23)29-19(26)13(2)24/h13-17H,1,4-11H2,2-3H3/t13-,14+,15?,16?,17-,21+,22+,23?/m1/s1. The fourth-order valence-electron chi connectivity index (χ4n) is 7.88. The zero-order valence-electron chi connectivity index (χ0n) is 17.2. The summed E-state index contributed by atoms with van der Waals surface area (Å²) in [5, 5.41) is -0.773. The van der Waals surface area contributed by atoms with E-state index in [1.807, 2.05) is 0 Å². The van der Waals surface area contributed by atoms with Crippen molar-refractivity contribution in [2.75, 3.05) is 6.61 Å². The SMILES string of the molecule is C=C1C(=O)C23CC[C@H]1CC2[C@@]12CCC[C@@](C)(COC1=O)C2C[C@H]3OC(=O)[C@@H](C)Cl. The van der Waals surface area contributed by atoms with Gasteiger partial charge in [0.05, 0.1) is 17.4 Å². The zero-order valence-corrected chi connectivity index (χ0v) is 17.9. The van der Waals surface area contributed by atoms with Crippen LogP contribution in [0, 0.1) is 34.0 Å². The highest BCUT2D eigenvalue weighted by atomic mass is 35.5. The van der Waals surface area contributed by atoms with Gasteiger partial charge in [-0.2, -0.15) is 0 Å². The van der Waals surface area contributed by atoms with Crippen LogP contribution in [0.1, 0.15) is 58.8 Å². The molecule has 6 fully saturated rings. The Labute approximate surface area is 176 Å². The number of carbonyl (C=O) groups excluding carboxylic acids is 3. The van der Waals surface area contributed by atoms with E-state index in [0.29, 0.717) is 25.0 Å². The summed E-state index contributed by atoms with van der Waals surface area (Å²) < 4.78 is 11.7. The fraction of sp³-hybridized carbons (Fsp3) is 0.783. The molecule has 0 aromatic carbocycles. The third-order valence-electron chi connectivity index (χ3n) is 9.20. The van der Waals surface area contributed by atoms with Gasteiger partial charge in [-0.05, 0) is 68.8 Å². The highest BCUT2D eigenvalue weighted by Gasteiger charge is 2.76. The van der Waals surface area contributed by atoms with Crippen molar-refractivity contribution in [2.45, 2.75) is 70.3 Å². The Morgan fingerprint density at radius 2 is 1.97 bits per heavy atom. The van der Waals surface area contributed by atoms with Crippen molar-refractivity contribution >= 4 is 29.3 Å². The van der Waals surface area contributed by atoms with Gasteiger partial charge in [-0.15, -0.1) is 11.6 Å². The van der Waals surface area contributed by atoms with Gasteiger partial charge in [0.15, 0.2) is 5.78 Å². The lowest BCUT2D eigenvalue weighted by atomic mass is 9.35. The summed E-state index contributed by atoms with van der Waals surface area (Å²) in [5.74, 6) is -0.589. The number of Topliss-reactive ketones (excluding diaryl/α,β-unsaturated/α-hetero) is 1. The lowest BCUT2D eigenvalue weighted by Gasteiger charge is -2.69. The summed E-state index contributed by atoms with van der Waals surface area (Å²) in [5.41, 5.74) is -0.999. The van der Waals surface area contributed by atoms with Gasteiger partial charge in [0.1, 0.15) is 11.5 Å². The highest BCUT2D eigenvalue weighted by Crippen LogP contribution is 2.73. The van der Waals surface area contributed by atoms with Crippen LogP contribution >= 0.6 is 11.6 Å². The molecular formula is C23H29ClO5. The number of cyclic esters (lactones) is 1. The van der Waals surface area contributed by atoms with Crippen LogP contribution in [0.3, 0.4) is 0 Å². The highest BCUT2D eigenvalue weighted by molar-refractivity contribution is 6.29. The van der Waals surface area contributed by atoms with Gasteiger partial charge in [0, 0.05) is 5.41 Å². The van der Waals surface area contributed by atoms with Crippen molar-refractivity contribution in [1.82, 2.24) is 0 Å². The molecule has 6 rings (SSSR count). The van der Waals surface area contributed by atoms with E-state index in [9.17, 15) is 14.4 Å². The molecule has 6 aliphatic rings. The molecule has 0 aromatic rings. The van der Waals surface area contributed by atoms with E-state index in [2.05, 4.69) is 13.5 Å². The number of hydrogen-bond donors (Lipinski definition) is 0. The molecule has 5 nitrogen and oxygen atoms in total. The zero-order chi connectivity index (χ0) is 20.8. The Morgan fingerprint density at radius 1 is 1.21 bits per heavy atom. The predicted molar refractivity (Wildman–Crippen MR) is 106 cm³/mol. The van der Waals surface area contributed by atoms with Gasteiger partial charge in [-0.1, -0.05) is 19.9 Å². The van der Waals surface area contributed by atoms with Crippen LogP contribution in [-0.2, 0) is 23.9 Å². The molecule has 158 valence electrons. The van der Waals surface area contributed by atoms with Gasteiger partial charge in [-0.25, -0.2) is 0 Å². The Morgan fingerprint density at radius 3 is 2.69 bits per heavy atom. The minimum Gasteiger partial charge on any atom is -0.465 e. The average molecular weight is 421 g/mol. The van der Waals surface area contributed by atoms with Crippen LogP contribution in [0.4, 0.5) is 0 Å². The van der Waals surface area contributed by atoms with Gasteiger partial charge in [0.2, 0.25) is 0 Å². The molecule has 8 atom stereocenters. The Bertz CT molecular complexity index is 820. The first-order chi connectivity index (χ1) is 13.7. The Hall–Kier alpha value is -1.36. The summed E-state index contributed by atoms with van der Waals surface area (Å²) in [6.45, 7) is 8.29. The number of fused-ring (bicyclic) bond motifs is 2. The number of halogens is 1. The molecule has 29 heavy (non-hydrogen) atoms. The summed E-state index contributed by atoms with van der Waals surface area (Å²) in [4.78, 5) is 39.5. The predicted octanol–water partition coefficient (Wildman–Crippen LogP) is 3.82. The Kier molecular flexibility index (Phi) is 4.11. The maximum Gasteiger partial charge on any atom is 0.324 e. The first kappa shape index (κ1) is 19.6. The molecule has 1 saturated heterocycles. The van der Waals surface area contributed by atoms with Crippen LogP contribution in [-0.4, -0.2) is 35.8 Å². The van der Waals surface area contributed by atoms with Crippen molar-refractivity contribution in [3.8, 4) is 0 Å². The minimum absolute atomic E-state index is 0.00324. The lowest BCUT2D eigenvalue weighted by Crippen LogP contribution is -2.73. The summed E-state index contributed by atoms with van der Waals surface area (Å²) in [7, 11) is 0. The number of ether oxygens (including phenoxy) is 2. The van der Waals surface area contributed by atoms with E-state index in [-0.39, 0.29) is 34.9 Å². The maximum atomic E-state index is 13.6. The Balaban J connectivity index is 1.67. The molecule has 0 radical (unpaired) electrons.